The topological polar surface area (TPSA) is 381 Å². The number of aromatic hydroxyl groups is 1. The molecule has 0 spiro atoms. The van der Waals surface area contributed by atoms with Gasteiger partial charge in [-0.3, -0.25) is 29.0 Å². The molecule has 1 aromatic rings. The molecule has 0 saturated heterocycles. The predicted molar refractivity (Wildman–Crippen MR) is 166 cm³/mol. The van der Waals surface area contributed by atoms with Gasteiger partial charge in [-0.15, -0.1) is 0 Å². The van der Waals surface area contributed by atoms with E-state index in [1.165, 1.54) is 12.1 Å². The van der Waals surface area contributed by atoms with Gasteiger partial charge in [0.1, 0.15) is 29.9 Å². The van der Waals surface area contributed by atoms with Crippen LogP contribution in [0.4, 0.5) is 0 Å². The number of aliphatic carboxylic acids is 4. The number of thioether (sulfide) groups is 1. The highest BCUT2D eigenvalue weighted by atomic mass is 32.2. The Labute approximate surface area is 259 Å². The van der Waals surface area contributed by atoms with Crippen molar-refractivity contribution in [3.63, 3.8) is 0 Å². The fraction of sp³-hybridized carbons (Fsp3) is 0.520. The molecule has 1 amide bonds. The summed E-state index contributed by atoms with van der Waals surface area (Å²) in [6.45, 7) is 0.420. The van der Waals surface area contributed by atoms with Crippen molar-refractivity contribution in [2.75, 3.05) is 18.6 Å². The second-order valence-corrected chi connectivity index (χ2v) is 9.87. The Hall–Kier alpha value is -4.17. The van der Waals surface area contributed by atoms with E-state index in [-0.39, 0.29) is 31.0 Å². The molecule has 19 N–H and O–H groups in total. The molecule has 1 rings (SSSR count). The Morgan fingerprint density at radius 1 is 0.727 bits per heavy atom. The van der Waals surface area contributed by atoms with E-state index in [9.17, 15) is 24.0 Å². The number of carbonyl (C=O) groups is 5. The fourth-order valence-corrected chi connectivity index (χ4v) is 2.90. The first kappa shape index (κ1) is 44.3. The molecule has 0 heterocycles. The quantitative estimate of drug-likeness (QED) is 0.0504. The smallest absolute Gasteiger partial charge is 0.320 e. The third-order valence-corrected chi connectivity index (χ3v) is 5.61. The van der Waals surface area contributed by atoms with Gasteiger partial charge in [-0.05, 0) is 61.8 Å². The summed E-state index contributed by atoms with van der Waals surface area (Å²) in [5.41, 5.74) is 36.4. The molecule has 0 aliphatic rings. The molecule has 0 aliphatic heterocycles. The van der Waals surface area contributed by atoms with E-state index in [1.807, 2.05) is 6.26 Å². The van der Waals surface area contributed by atoms with Crippen molar-refractivity contribution < 1.29 is 49.5 Å². The summed E-state index contributed by atoms with van der Waals surface area (Å²) in [4.78, 5) is 54.5. The number of primary amides is 1. The zero-order chi connectivity index (χ0) is 34.8. The first-order valence-corrected chi connectivity index (χ1v) is 14.3. The fourth-order valence-electron chi connectivity index (χ4n) is 2.41. The lowest BCUT2D eigenvalue weighted by molar-refractivity contribution is -0.139. The number of rotatable bonds is 16. The molecule has 0 radical (unpaired) electrons. The van der Waals surface area contributed by atoms with Gasteiger partial charge in [-0.2, -0.15) is 11.8 Å². The van der Waals surface area contributed by atoms with Gasteiger partial charge in [0.05, 0.1) is 0 Å². The molecule has 4 atom stereocenters. The first-order valence-electron chi connectivity index (χ1n) is 12.9. The van der Waals surface area contributed by atoms with Crippen LogP contribution in [0.1, 0.15) is 37.7 Å². The van der Waals surface area contributed by atoms with Crippen molar-refractivity contribution in [1.29, 1.82) is 0 Å². The highest BCUT2D eigenvalue weighted by molar-refractivity contribution is 7.98. The largest absolute Gasteiger partial charge is 0.508 e. The number of aliphatic imine (C=N–C) groups is 1. The number of phenols is 1. The van der Waals surface area contributed by atoms with E-state index in [4.69, 9.17) is 65.7 Å². The number of hydrogen-bond acceptors (Lipinski definition) is 12. The number of hydrogen-bond donors (Lipinski definition) is 12. The van der Waals surface area contributed by atoms with Crippen molar-refractivity contribution >= 4 is 47.5 Å². The Balaban J connectivity index is -0.000000515. The molecule has 44 heavy (non-hydrogen) atoms. The molecule has 0 saturated carbocycles. The molecule has 18 nitrogen and oxygen atoms in total. The maximum absolute atomic E-state index is 10.4. The molecule has 0 aromatic heterocycles. The van der Waals surface area contributed by atoms with Gasteiger partial charge in [0.2, 0.25) is 5.91 Å². The highest BCUT2D eigenvalue weighted by Crippen LogP contribution is 2.10. The second kappa shape index (κ2) is 26.5. The van der Waals surface area contributed by atoms with Gasteiger partial charge in [-0.25, -0.2) is 0 Å². The van der Waals surface area contributed by atoms with Crippen LogP contribution in [0.15, 0.2) is 29.3 Å². The Kier molecular flexibility index (Phi) is 26.6. The van der Waals surface area contributed by atoms with E-state index in [1.54, 1.807) is 23.9 Å². The summed E-state index contributed by atoms with van der Waals surface area (Å²) in [7, 11) is 0. The van der Waals surface area contributed by atoms with Crippen LogP contribution >= 0.6 is 11.8 Å². The normalized spacial score (nSPS) is 12.5. The van der Waals surface area contributed by atoms with Crippen molar-refractivity contribution in [1.82, 2.24) is 0 Å². The predicted octanol–water partition coefficient (Wildman–Crippen LogP) is -2.39. The van der Waals surface area contributed by atoms with Gasteiger partial charge in [0.25, 0.3) is 0 Å². The molecule has 0 aliphatic carbocycles. The lowest BCUT2D eigenvalue weighted by Gasteiger charge is -2.05. The molecule has 19 heteroatoms. The number of carboxylic acids is 4. The zero-order valence-electron chi connectivity index (χ0n) is 24.4. The number of carbonyl (C=O) groups excluding carboxylic acids is 1. The summed E-state index contributed by atoms with van der Waals surface area (Å²) in [5, 5.41) is 42.3. The van der Waals surface area contributed by atoms with Crippen LogP contribution in [-0.2, 0) is 30.4 Å². The van der Waals surface area contributed by atoms with Crippen molar-refractivity contribution in [2.24, 2.45) is 45.1 Å². The lowest BCUT2D eigenvalue weighted by atomic mass is 10.1. The number of phenolic OH excluding ortho intramolecular Hbond substituents is 1. The van der Waals surface area contributed by atoms with Crippen molar-refractivity contribution in [3.05, 3.63) is 29.8 Å². The minimum atomic E-state index is -1.11. The second-order valence-electron chi connectivity index (χ2n) is 8.88. The minimum absolute atomic E-state index is 0.0129. The molecule has 4 unspecified atom stereocenters. The van der Waals surface area contributed by atoms with E-state index >= 15 is 0 Å². The Morgan fingerprint density at radius 3 is 1.55 bits per heavy atom. The SMILES string of the molecule is CSCCC(N)C(=O)O.NC(=O)CCC(N)C(=O)O.NC(Cc1ccc(O)cc1)C(=O)O.NC(N)=NCCCC(N)C(=O)O. The van der Waals surface area contributed by atoms with Crippen LogP contribution in [-0.4, -0.2) is 104 Å². The summed E-state index contributed by atoms with van der Waals surface area (Å²) in [6, 6.07) is 2.94. The molecule has 0 bridgehead atoms. The van der Waals surface area contributed by atoms with Crippen LogP contribution in [0.3, 0.4) is 0 Å². The maximum atomic E-state index is 10.4. The van der Waals surface area contributed by atoms with Crippen LogP contribution < -0.4 is 40.1 Å². The monoisotopic (exact) mass is 650 g/mol. The number of guanidine groups is 1. The van der Waals surface area contributed by atoms with E-state index in [0.717, 1.165) is 11.3 Å². The van der Waals surface area contributed by atoms with Crippen molar-refractivity contribution in [3.8, 4) is 5.75 Å². The number of nitrogens with zero attached hydrogens (tertiary/aromatic N) is 1. The molecular weight excluding hydrogens is 604 g/mol. The number of carboxylic acid groups (broad SMARTS) is 4. The maximum Gasteiger partial charge on any atom is 0.320 e. The number of amides is 1. The van der Waals surface area contributed by atoms with E-state index < -0.39 is 54.0 Å². The van der Waals surface area contributed by atoms with Crippen LogP contribution in [0.2, 0.25) is 0 Å². The Bertz CT molecular complexity index is 1030. The van der Waals surface area contributed by atoms with Gasteiger partial charge in [0, 0.05) is 13.0 Å². The summed E-state index contributed by atoms with van der Waals surface area (Å²) < 4.78 is 0. The number of nitrogens with two attached hydrogens (primary N) is 7. The third-order valence-electron chi connectivity index (χ3n) is 4.96. The average molecular weight is 651 g/mol. The first-order chi connectivity index (χ1) is 20.3. The Morgan fingerprint density at radius 2 is 1.16 bits per heavy atom. The van der Waals surface area contributed by atoms with Crippen LogP contribution in [0, 0.1) is 0 Å². The third kappa shape index (κ3) is 29.3. The van der Waals surface area contributed by atoms with Crippen LogP contribution in [0.5, 0.6) is 5.75 Å². The summed E-state index contributed by atoms with van der Waals surface area (Å²) >= 11 is 1.60. The lowest BCUT2D eigenvalue weighted by Crippen LogP contribution is -2.32. The van der Waals surface area contributed by atoms with Crippen LogP contribution in [0.25, 0.3) is 0 Å². The molecule has 252 valence electrons. The van der Waals surface area contributed by atoms with Gasteiger partial charge < -0.3 is 65.7 Å². The van der Waals surface area contributed by atoms with E-state index in [2.05, 4.69) is 4.99 Å². The molecule has 0 fully saturated rings. The van der Waals surface area contributed by atoms with Gasteiger partial charge in [-0.1, -0.05) is 12.1 Å². The van der Waals surface area contributed by atoms with Gasteiger partial charge in [0.15, 0.2) is 5.96 Å². The molecular formula is C25H46N8O10S. The summed E-state index contributed by atoms with van der Waals surface area (Å²) in [6.07, 6.45) is 3.83. The van der Waals surface area contributed by atoms with Gasteiger partial charge >= 0.3 is 23.9 Å². The summed E-state index contributed by atoms with van der Waals surface area (Å²) in [5.74, 6) is -3.59. The minimum Gasteiger partial charge on any atom is -0.508 e. The highest BCUT2D eigenvalue weighted by Gasteiger charge is 2.12. The van der Waals surface area contributed by atoms with E-state index in [0.29, 0.717) is 25.8 Å². The number of benzene rings is 1. The molecule has 1 aromatic carbocycles. The average Bonchev–Trinajstić information content (AvgIpc) is 2.94. The zero-order valence-corrected chi connectivity index (χ0v) is 25.3. The van der Waals surface area contributed by atoms with Crippen molar-refractivity contribution in [2.45, 2.75) is 62.7 Å². The standard InChI is InChI=1S/C9H11NO3.C6H14N4O2.C5H10N2O3.C5H11NO2S/c10-8(9(12)13)5-6-1-3-7(11)4-2-6;7-4(5(11)12)2-1-3-10-6(8)9;6-3(5(9)10)1-2-4(7)8;1-9-3-2-4(6)5(7)8/h1-4,8,11H,5,10H2,(H,12,13);4H,1-3,7H2,(H,11,12)(H4,8,9,10);3H,1-2,6H2,(H2,7,8)(H,9,10);4H,2-3,6H2,1H3,(H,7,8).